The van der Waals surface area contributed by atoms with Crippen LogP contribution in [0.15, 0.2) is 0 Å². The summed E-state index contributed by atoms with van der Waals surface area (Å²) < 4.78 is 1.87. The first-order chi connectivity index (χ1) is 9.90. The maximum atomic E-state index is 12.3. The number of carbonyl (C=O) groups excluding carboxylic acids is 1. The van der Waals surface area contributed by atoms with Crippen molar-refractivity contribution in [2.45, 2.75) is 59.4 Å². The fraction of sp³-hybridized carbons (Fsp3) is 0.750. The van der Waals surface area contributed by atoms with Crippen LogP contribution in [0, 0.1) is 19.8 Å². The molecule has 0 aliphatic heterocycles. The summed E-state index contributed by atoms with van der Waals surface area (Å²) in [5.74, 6) is 0.0199. The second-order valence-corrected chi connectivity index (χ2v) is 5.96. The Bertz CT molecular complexity index is 477. The highest BCUT2D eigenvalue weighted by Gasteiger charge is 2.20. The predicted octanol–water partition coefficient (Wildman–Crippen LogP) is 2.69. The number of nitrogens with zero attached hydrogens (tertiary/aromatic N) is 2. The average Bonchev–Trinajstić information content (AvgIpc) is 2.69. The Labute approximate surface area is 152 Å². The molecule has 1 heterocycles. The molecule has 1 amide bonds. The molecule has 3 N–H and O–H groups in total. The number of rotatable bonds is 8. The molecule has 1 aromatic heterocycles. The molecule has 136 valence electrons. The second-order valence-electron chi connectivity index (χ2n) is 5.96. The van der Waals surface area contributed by atoms with Crippen molar-refractivity contribution in [1.29, 1.82) is 0 Å². The van der Waals surface area contributed by atoms with E-state index in [0.717, 1.165) is 37.1 Å². The maximum Gasteiger partial charge on any atom is 0.223 e. The SMILES string of the molecule is CCCCC(CN)NC(=O)C(C)Cc1c(C)nn(C)c1C.Cl.Cl. The number of amides is 1. The van der Waals surface area contributed by atoms with Gasteiger partial charge in [0.2, 0.25) is 5.91 Å². The normalized spacial score (nSPS) is 12.8. The molecule has 7 heteroatoms. The molecular formula is C16H32Cl2N4O. The lowest BCUT2D eigenvalue weighted by Crippen LogP contribution is -2.43. The largest absolute Gasteiger partial charge is 0.352 e. The average molecular weight is 367 g/mol. The summed E-state index contributed by atoms with van der Waals surface area (Å²) in [6.07, 6.45) is 3.90. The van der Waals surface area contributed by atoms with Crippen LogP contribution in [-0.2, 0) is 18.3 Å². The number of aryl methyl sites for hydroxylation is 2. The number of nitrogens with one attached hydrogen (secondary N) is 1. The number of hydrogen-bond acceptors (Lipinski definition) is 3. The molecule has 0 aromatic carbocycles. The van der Waals surface area contributed by atoms with Gasteiger partial charge < -0.3 is 11.1 Å². The quantitative estimate of drug-likeness (QED) is 0.742. The Balaban J connectivity index is 0. The van der Waals surface area contributed by atoms with Gasteiger partial charge in [0.1, 0.15) is 0 Å². The lowest BCUT2D eigenvalue weighted by atomic mass is 9.98. The Morgan fingerprint density at radius 1 is 1.35 bits per heavy atom. The molecular weight excluding hydrogens is 335 g/mol. The summed E-state index contributed by atoms with van der Waals surface area (Å²) in [7, 11) is 1.94. The lowest BCUT2D eigenvalue weighted by molar-refractivity contribution is -0.125. The smallest absolute Gasteiger partial charge is 0.223 e. The van der Waals surface area contributed by atoms with Crippen molar-refractivity contribution in [2.24, 2.45) is 18.7 Å². The summed E-state index contributed by atoms with van der Waals surface area (Å²) in [6, 6.07) is 0.0935. The summed E-state index contributed by atoms with van der Waals surface area (Å²) >= 11 is 0. The van der Waals surface area contributed by atoms with Gasteiger partial charge in [0, 0.05) is 31.2 Å². The van der Waals surface area contributed by atoms with Crippen molar-refractivity contribution >= 4 is 30.7 Å². The number of unbranched alkanes of at least 4 members (excludes halogenated alkanes) is 1. The molecule has 0 aliphatic rings. The third-order valence-corrected chi connectivity index (χ3v) is 4.15. The van der Waals surface area contributed by atoms with Crippen LogP contribution in [0.25, 0.3) is 0 Å². The number of carbonyl (C=O) groups is 1. The van der Waals surface area contributed by atoms with E-state index in [4.69, 9.17) is 5.73 Å². The van der Waals surface area contributed by atoms with E-state index in [1.54, 1.807) is 0 Å². The first-order valence-corrected chi connectivity index (χ1v) is 7.90. The van der Waals surface area contributed by atoms with Gasteiger partial charge in [-0.3, -0.25) is 9.48 Å². The molecule has 0 radical (unpaired) electrons. The standard InChI is InChI=1S/C16H30N4O.2ClH/c1-6-7-8-14(10-17)18-16(21)11(2)9-15-12(3)19-20(5)13(15)4;;/h11,14H,6-10,17H2,1-5H3,(H,18,21);2*1H. The lowest BCUT2D eigenvalue weighted by Gasteiger charge is -2.19. The topological polar surface area (TPSA) is 72.9 Å². The van der Waals surface area contributed by atoms with Gasteiger partial charge in [0.15, 0.2) is 0 Å². The number of aromatic nitrogens is 2. The van der Waals surface area contributed by atoms with Gasteiger partial charge in [0.05, 0.1) is 5.69 Å². The summed E-state index contributed by atoms with van der Waals surface area (Å²) in [5, 5.41) is 7.48. The molecule has 0 saturated carbocycles. The monoisotopic (exact) mass is 366 g/mol. The Morgan fingerprint density at radius 2 is 1.96 bits per heavy atom. The van der Waals surface area contributed by atoms with Gasteiger partial charge in [-0.05, 0) is 32.3 Å². The minimum Gasteiger partial charge on any atom is -0.352 e. The predicted molar refractivity (Wildman–Crippen MR) is 101 cm³/mol. The Kier molecular flexibility index (Phi) is 12.5. The van der Waals surface area contributed by atoms with Crippen molar-refractivity contribution in [2.75, 3.05) is 6.54 Å². The van der Waals surface area contributed by atoms with Crippen molar-refractivity contribution in [3.05, 3.63) is 17.0 Å². The first-order valence-electron chi connectivity index (χ1n) is 7.90. The van der Waals surface area contributed by atoms with E-state index in [1.807, 2.05) is 32.5 Å². The van der Waals surface area contributed by atoms with E-state index >= 15 is 0 Å². The molecule has 0 aliphatic carbocycles. The summed E-state index contributed by atoms with van der Waals surface area (Å²) in [4.78, 5) is 12.3. The van der Waals surface area contributed by atoms with Crippen LogP contribution in [0.2, 0.25) is 0 Å². The maximum absolute atomic E-state index is 12.3. The first kappa shape index (κ1) is 24.5. The molecule has 1 rings (SSSR count). The minimum absolute atomic E-state index is 0. The zero-order valence-electron chi connectivity index (χ0n) is 14.9. The van der Waals surface area contributed by atoms with Crippen LogP contribution >= 0.6 is 24.8 Å². The van der Waals surface area contributed by atoms with E-state index in [2.05, 4.69) is 17.3 Å². The minimum atomic E-state index is -0.0673. The van der Waals surface area contributed by atoms with E-state index in [1.165, 1.54) is 5.56 Å². The van der Waals surface area contributed by atoms with E-state index in [0.29, 0.717) is 6.54 Å². The molecule has 0 spiro atoms. The summed E-state index contributed by atoms with van der Waals surface area (Å²) in [5.41, 5.74) is 9.06. The molecule has 0 bridgehead atoms. The number of hydrogen-bond donors (Lipinski definition) is 2. The highest BCUT2D eigenvalue weighted by atomic mass is 35.5. The van der Waals surface area contributed by atoms with Gasteiger partial charge in [-0.15, -0.1) is 24.8 Å². The van der Waals surface area contributed by atoms with Gasteiger partial charge in [-0.1, -0.05) is 26.7 Å². The fourth-order valence-corrected chi connectivity index (χ4v) is 2.55. The van der Waals surface area contributed by atoms with Crippen LogP contribution in [0.3, 0.4) is 0 Å². The van der Waals surface area contributed by atoms with E-state index < -0.39 is 0 Å². The molecule has 23 heavy (non-hydrogen) atoms. The second kappa shape index (κ2) is 11.7. The zero-order valence-corrected chi connectivity index (χ0v) is 16.5. The van der Waals surface area contributed by atoms with Crippen LogP contribution in [-0.4, -0.2) is 28.3 Å². The summed E-state index contributed by atoms with van der Waals surface area (Å²) in [6.45, 7) is 8.66. The highest BCUT2D eigenvalue weighted by Crippen LogP contribution is 2.17. The molecule has 1 aromatic rings. The van der Waals surface area contributed by atoms with Crippen LogP contribution in [0.5, 0.6) is 0 Å². The van der Waals surface area contributed by atoms with E-state index in [9.17, 15) is 4.79 Å². The molecule has 0 saturated heterocycles. The molecule has 2 atom stereocenters. The molecule has 2 unspecified atom stereocenters. The van der Waals surface area contributed by atoms with Gasteiger partial charge >= 0.3 is 0 Å². The third-order valence-electron chi connectivity index (χ3n) is 4.15. The van der Waals surface area contributed by atoms with Crippen LogP contribution in [0.1, 0.15) is 50.1 Å². The van der Waals surface area contributed by atoms with Crippen molar-refractivity contribution in [3.63, 3.8) is 0 Å². The molecule has 5 nitrogen and oxygen atoms in total. The number of nitrogens with two attached hydrogens (primary N) is 1. The molecule has 0 fully saturated rings. The van der Waals surface area contributed by atoms with E-state index in [-0.39, 0.29) is 42.7 Å². The van der Waals surface area contributed by atoms with Crippen LogP contribution < -0.4 is 11.1 Å². The Hall–Kier alpha value is -0.780. The third kappa shape index (κ3) is 7.10. The van der Waals surface area contributed by atoms with Crippen molar-refractivity contribution in [3.8, 4) is 0 Å². The van der Waals surface area contributed by atoms with Gasteiger partial charge in [-0.2, -0.15) is 5.10 Å². The zero-order chi connectivity index (χ0) is 16.0. The van der Waals surface area contributed by atoms with Gasteiger partial charge in [0.25, 0.3) is 0 Å². The number of halogens is 2. The fourth-order valence-electron chi connectivity index (χ4n) is 2.55. The Morgan fingerprint density at radius 3 is 2.39 bits per heavy atom. The van der Waals surface area contributed by atoms with Crippen molar-refractivity contribution in [1.82, 2.24) is 15.1 Å². The van der Waals surface area contributed by atoms with Crippen molar-refractivity contribution < 1.29 is 4.79 Å². The van der Waals surface area contributed by atoms with Crippen LogP contribution in [0.4, 0.5) is 0 Å². The van der Waals surface area contributed by atoms with Gasteiger partial charge in [-0.25, -0.2) is 0 Å². The highest BCUT2D eigenvalue weighted by molar-refractivity contribution is 5.85.